The average Bonchev–Trinajstić information content (AvgIpc) is 2.75. The summed E-state index contributed by atoms with van der Waals surface area (Å²) in [7, 11) is 0. The summed E-state index contributed by atoms with van der Waals surface area (Å²) in [5.74, 6) is -0.894. The first-order valence-corrected chi connectivity index (χ1v) is 10.8. The third kappa shape index (κ3) is 8.78. The Balaban J connectivity index is 1.69. The number of hydrogen-bond acceptors (Lipinski definition) is 4. The van der Waals surface area contributed by atoms with Crippen LogP contribution in [-0.2, 0) is 33.7 Å². The van der Waals surface area contributed by atoms with Crippen molar-refractivity contribution in [2.24, 2.45) is 17.6 Å². The van der Waals surface area contributed by atoms with Gasteiger partial charge in [-0.15, -0.1) is 0 Å². The lowest BCUT2D eigenvalue weighted by molar-refractivity contribution is -0.162. The first-order valence-electron chi connectivity index (χ1n) is 10.8. The molecule has 0 aliphatic heterocycles. The Labute approximate surface area is 180 Å². The van der Waals surface area contributed by atoms with E-state index in [4.69, 9.17) is 10.6 Å². The summed E-state index contributed by atoms with van der Waals surface area (Å²) < 4.78 is 0. The van der Waals surface area contributed by atoms with Crippen molar-refractivity contribution in [2.45, 2.75) is 52.4 Å². The Morgan fingerprint density at radius 3 is 2.03 bits per heavy atom. The zero-order chi connectivity index (χ0) is 21.8. The fourth-order valence-corrected chi connectivity index (χ4v) is 3.40. The molecule has 30 heavy (non-hydrogen) atoms. The van der Waals surface area contributed by atoms with Crippen molar-refractivity contribution >= 4 is 11.9 Å². The molecule has 0 radical (unpaired) electrons. The lowest BCUT2D eigenvalue weighted by atomic mass is 9.97. The number of nitrogens with one attached hydrogen (secondary N) is 1. The first kappa shape index (κ1) is 23.6. The molecule has 0 aliphatic rings. The molecule has 0 fully saturated rings. The van der Waals surface area contributed by atoms with E-state index >= 15 is 0 Å². The number of unbranched alkanes of at least 4 members (excludes halogenated alkanes) is 1. The molecule has 2 aromatic rings. The molecule has 0 aliphatic carbocycles. The number of carbonyl (C=O) groups is 2. The highest BCUT2D eigenvalue weighted by Crippen LogP contribution is 2.13. The van der Waals surface area contributed by atoms with Gasteiger partial charge in [0.25, 0.3) is 5.91 Å². The van der Waals surface area contributed by atoms with Gasteiger partial charge in [-0.3, -0.25) is 4.79 Å². The van der Waals surface area contributed by atoms with Gasteiger partial charge in [0.05, 0.1) is 12.3 Å². The maximum Gasteiger partial charge on any atom is 0.336 e. The zero-order valence-electron chi connectivity index (χ0n) is 18.1. The van der Waals surface area contributed by atoms with Gasteiger partial charge in [0.1, 0.15) is 0 Å². The van der Waals surface area contributed by atoms with Gasteiger partial charge in [-0.1, -0.05) is 68.4 Å². The number of amides is 1. The molecule has 0 bridgehead atoms. The summed E-state index contributed by atoms with van der Waals surface area (Å²) >= 11 is 0. The van der Waals surface area contributed by atoms with Crippen LogP contribution in [0, 0.1) is 11.8 Å². The molecule has 0 saturated carbocycles. The lowest BCUT2D eigenvalue weighted by Gasteiger charge is -2.15. The zero-order valence-corrected chi connectivity index (χ0v) is 18.1. The second-order valence-electron chi connectivity index (χ2n) is 8.19. The van der Waals surface area contributed by atoms with Crippen molar-refractivity contribution in [1.29, 1.82) is 0 Å². The van der Waals surface area contributed by atoms with Gasteiger partial charge < -0.3 is 10.6 Å². The van der Waals surface area contributed by atoms with Crippen molar-refractivity contribution in [1.82, 2.24) is 5.48 Å². The van der Waals surface area contributed by atoms with Crippen molar-refractivity contribution in [3.8, 4) is 0 Å². The van der Waals surface area contributed by atoms with Gasteiger partial charge >= 0.3 is 5.97 Å². The monoisotopic (exact) mass is 410 g/mol. The smallest absolute Gasteiger partial charge is 0.336 e. The van der Waals surface area contributed by atoms with Crippen LogP contribution in [0.1, 0.15) is 49.8 Å². The number of aryl methyl sites for hydroxylation is 2. The third-order valence-electron chi connectivity index (χ3n) is 5.05. The lowest BCUT2D eigenvalue weighted by Crippen LogP contribution is -2.34. The number of benzene rings is 2. The van der Waals surface area contributed by atoms with E-state index in [1.54, 1.807) is 0 Å². The van der Waals surface area contributed by atoms with Crippen molar-refractivity contribution in [3.63, 3.8) is 0 Å². The molecule has 1 atom stereocenters. The van der Waals surface area contributed by atoms with E-state index in [1.807, 2.05) is 32.0 Å². The van der Waals surface area contributed by atoms with Gasteiger partial charge in [-0.25, -0.2) is 4.79 Å². The summed E-state index contributed by atoms with van der Waals surface area (Å²) in [6.45, 7) is 4.24. The maximum atomic E-state index is 12.1. The van der Waals surface area contributed by atoms with Crippen LogP contribution >= 0.6 is 0 Å². The summed E-state index contributed by atoms with van der Waals surface area (Å²) in [5, 5.41) is 0. The summed E-state index contributed by atoms with van der Waals surface area (Å²) in [5.41, 5.74) is 11.4. The van der Waals surface area contributed by atoms with Crippen LogP contribution in [0.15, 0.2) is 54.6 Å². The Hall–Kier alpha value is -2.66. The van der Waals surface area contributed by atoms with Crippen LogP contribution < -0.4 is 11.2 Å². The quantitative estimate of drug-likeness (QED) is 0.433. The Kier molecular flexibility index (Phi) is 10.1. The Morgan fingerprint density at radius 2 is 1.47 bits per heavy atom. The minimum absolute atomic E-state index is 0.166. The predicted octanol–water partition coefficient (Wildman–Crippen LogP) is 3.99. The van der Waals surface area contributed by atoms with E-state index in [0.717, 1.165) is 31.2 Å². The van der Waals surface area contributed by atoms with Crippen molar-refractivity contribution in [3.05, 3.63) is 71.3 Å². The second-order valence-corrected chi connectivity index (χ2v) is 8.19. The predicted molar refractivity (Wildman–Crippen MR) is 119 cm³/mol. The largest absolute Gasteiger partial charge is 0.340 e. The highest BCUT2D eigenvalue weighted by Gasteiger charge is 2.21. The van der Waals surface area contributed by atoms with Crippen LogP contribution in [0.4, 0.5) is 0 Å². The SMILES string of the molecule is CC(C)C[C@@H](CN)C(=O)ONC(=O)Cc1ccc(CCCCc2ccccc2)cc1. The molecule has 0 saturated heterocycles. The molecular weight excluding hydrogens is 376 g/mol. The van der Waals surface area contributed by atoms with Gasteiger partial charge in [0, 0.05) is 6.54 Å². The number of nitrogens with two attached hydrogens (primary N) is 1. The molecule has 0 aromatic heterocycles. The molecule has 2 rings (SSSR count). The van der Waals surface area contributed by atoms with Gasteiger partial charge in [-0.2, -0.15) is 5.48 Å². The molecule has 162 valence electrons. The van der Waals surface area contributed by atoms with E-state index in [1.165, 1.54) is 11.1 Å². The maximum absolute atomic E-state index is 12.1. The van der Waals surface area contributed by atoms with E-state index < -0.39 is 11.9 Å². The standard InChI is InChI=1S/C25H34N2O3/c1-19(2)16-23(18-26)25(29)30-27-24(28)17-22-14-12-21(13-15-22)11-7-6-10-20-8-4-3-5-9-20/h3-5,8-9,12-15,19,23H,6-7,10-11,16-18,26H2,1-2H3,(H,27,28)/t23-/m0/s1. The van der Waals surface area contributed by atoms with E-state index in [2.05, 4.69) is 41.9 Å². The highest BCUT2D eigenvalue weighted by atomic mass is 16.7. The highest BCUT2D eigenvalue weighted by molar-refractivity contribution is 5.80. The minimum Gasteiger partial charge on any atom is -0.340 e. The molecule has 1 amide bonds. The third-order valence-corrected chi connectivity index (χ3v) is 5.05. The van der Waals surface area contributed by atoms with Gasteiger partial charge in [0.15, 0.2) is 0 Å². The fraction of sp³-hybridized carbons (Fsp3) is 0.440. The molecule has 0 heterocycles. The van der Waals surface area contributed by atoms with Gasteiger partial charge in [0.2, 0.25) is 0 Å². The van der Waals surface area contributed by atoms with E-state index in [-0.39, 0.29) is 18.9 Å². The summed E-state index contributed by atoms with van der Waals surface area (Å²) in [6.07, 6.45) is 5.20. The molecule has 2 aromatic carbocycles. The fourth-order valence-electron chi connectivity index (χ4n) is 3.40. The molecular formula is C25H34N2O3. The van der Waals surface area contributed by atoms with Crippen LogP contribution in [0.2, 0.25) is 0 Å². The number of carbonyl (C=O) groups excluding carboxylic acids is 2. The van der Waals surface area contributed by atoms with Crippen LogP contribution in [0.25, 0.3) is 0 Å². The topological polar surface area (TPSA) is 81.4 Å². The molecule has 5 nitrogen and oxygen atoms in total. The van der Waals surface area contributed by atoms with Crippen molar-refractivity contribution in [2.75, 3.05) is 6.54 Å². The van der Waals surface area contributed by atoms with E-state index in [0.29, 0.717) is 12.3 Å². The Bertz CT molecular complexity index is 773. The molecule has 3 N–H and O–H groups in total. The second kappa shape index (κ2) is 12.8. The summed E-state index contributed by atoms with van der Waals surface area (Å²) in [4.78, 5) is 29.0. The molecule has 0 spiro atoms. The molecule has 5 heteroatoms. The summed E-state index contributed by atoms with van der Waals surface area (Å²) in [6, 6.07) is 18.5. The average molecular weight is 411 g/mol. The van der Waals surface area contributed by atoms with E-state index in [9.17, 15) is 9.59 Å². The number of hydrogen-bond donors (Lipinski definition) is 2. The number of rotatable bonds is 11. The number of hydroxylamine groups is 1. The first-order chi connectivity index (χ1) is 14.5. The van der Waals surface area contributed by atoms with Gasteiger partial charge in [-0.05, 0) is 54.7 Å². The minimum atomic E-state index is -0.481. The Morgan fingerprint density at radius 1 is 0.900 bits per heavy atom. The van der Waals surface area contributed by atoms with Crippen LogP contribution in [-0.4, -0.2) is 18.4 Å². The van der Waals surface area contributed by atoms with Crippen LogP contribution in [0.3, 0.4) is 0 Å². The normalized spacial score (nSPS) is 11.9. The van der Waals surface area contributed by atoms with Crippen LogP contribution in [0.5, 0.6) is 0 Å². The van der Waals surface area contributed by atoms with Crippen molar-refractivity contribution < 1.29 is 14.4 Å². The molecule has 0 unspecified atom stereocenters.